The van der Waals surface area contributed by atoms with Gasteiger partial charge in [-0.25, -0.2) is 21.7 Å². The van der Waals surface area contributed by atoms with Crippen LogP contribution < -0.4 is 87.0 Å². The fraction of sp³-hybridized carbons (Fsp3) is 0.614. The van der Waals surface area contributed by atoms with E-state index in [1.165, 1.54) is 206 Å². The highest BCUT2D eigenvalue weighted by Gasteiger charge is 2.31. The van der Waals surface area contributed by atoms with Gasteiger partial charge in [-0.1, -0.05) is 240 Å². The normalized spacial score (nSPS) is 12.2. The van der Waals surface area contributed by atoms with E-state index in [1.54, 1.807) is 48.5 Å². The van der Waals surface area contributed by atoms with Gasteiger partial charge in [-0.15, -0.1) is 0 Å². The third-order valence-corrected chi connectivity index (χ3v) is 22.4. The standard InChI is InChI=1S/C101H155N13O19/c1-9-13-17-21-25-29-33-37-41-48-94(118)130-83-59-52-75(67-87(83)126-5)71-104-111-92(116)64-57-81(100(124)113-106-73-77-54-61-85(89(69-77)128-7)132-96(120)50-43-39-35-31-27-23-19-15-11-3)108-91(115)63-56-80(109-98(122)79(103)47-45-46-66-102)99(123)110-82(101(125)114-107-74-78-55-62-86(90(70-78)129-8)133-97(121)51-44-40-36-32-28-24-20-16-12-4)58-65-93(117)112-105-72-76-53-60-84(88(68-76)127-6)131-95(119)49-42-38-34-30-26-22-18-14-10-2/h52-55,59-62,67-74,79-82H,9-51,56-58,63-66,102-103H2,1-8H3,(H,108,115)(H,109,122)(H,110,123)(H,111,116)(H,112,117)(H,113,124)(H,114,125)/b104-71+,105-72+,106-73+,107-74+/t79-,80-,81-,82-/m0/s1. The monoisotopic (exact) mass is 1850 g/mol. The number of benzene rings is 4. The van der Waals surface area contributed by atoms with Gasteiger partial charge in [0, 0.05) is 44.9 Å². The topological polar surface area (TPSA) is 447 Å². The van der Waals surface area contributed by atoms with Gasteiger partial charge in [0.15, 0.2) is 46.0 Å². The Labute approximate surface area is 788 Å². The Bertz CT molecular complexity index is 4220. The molecule has 0 saturated carbocycles. The van der Waals surface area contributed by atoms with Gasteiger partial charge in [0.25, 0.3) is 11.8 Å². The van der Waals surface area contributed by atoms with Gasteiger partial charge in [0.1, 0.15) is 18.1 Å². The summed E-state index contributed by atoms with van der Waals surface area (Å²) < 4.78 is 44.9. The van der Waals surface area contributed by atoms with Crippen molar-refractivity contribution in [2.75, 3.05) is 35.0 Å². The van der Waals surface area contributed by atoms with Crippen LogP contribution in [0.5, 0.6) is 46.0 Å². The van der Waals surface area contributed by atoms with Gasteiger partial charge in [-0.3, -0.25) is 52.7 Å². The zero-order chi connectivity index (χ0) is 96.7. The molecule has 133 heavy (non-hydrogen) atoms. The smallest absolute Gasteiger partial charge is 0.311 e. The molecule has 7 amide bonds. The predicted molar refractivity (Wildman–Crippen MR) is 519 cm³/mol. The molecule has 32 nitrogen and oxygen atoms in total. The molecule has 0 spiro atoms. The van der Waals surface area contributed by atoms with E-state index in [0.29, 0.717) is 67.3 Å². The second-order valence-electron chi connectivity index (χ2n) is 33.7. The molecule has 4 atom stereocenters. The summed E-state index contributed by atoms with van der Waals surface area (Å²) in [5.74, 6) is -5.89. The molecule has 0 aliphatic rings. The quantitative estimate of drug-likeness (QED) is 0.00652. The minimum atomic E-state index is -1.62. The van der Waals surface area contributed by atoms with Crippen molar-refractivity contribution in [2.45, 2.75) is 366 Å². The molecule has 0 bridgehead atoms. The second-order valence-corrected chi connectivity index (χ2v) is 33.7. The molecule has 0 aliphatic heterocycles. The van der Waals surface area contributed by atoms with E-state index in [1.807, 2.05) is 0 Å². The minimum absolute atomic E-state index is 0.150. The maximum Gasteiger partial charge on any atom is 0.311 e. The number of nitrogens with zero attached hydrogens (tertiary/aromatic N) is 4. The van der Waals surface area contributed by atoms with Gasteiger partial charge in [-0.05, 0) is 159 Å². The first kappa shape index (κ1) is 114. The number of hydrogen-bond donors (Lipinski definition) is 9. The van der Waals surface area contributed by atoms with Crippen LogP contribution in [0.3, 0.4) is 0 Å². The molecule has 738 valence electrons. The summed E-state index contributed by atoms with van der Waals surface area (Å²) in [6.07, 6.45) is 43.8. The maximum absolute atomic E-state index is 14.9. The van der Waals surface area contributed by atoms with Crippen molar-refractivity contribution >= 4 is 90.1 Å². The summed E-state index contributed by atoms with van der Waals surface area (Å²) in [6.45, 7) is 9.07. The summed E-state index contributed by atoms with van der Waals surface area (Å²) >= 11 is 0. The molecule has 4 rings (SSSR count). The van der Waals surface area contributed by atoms with Gasteiger partial charge in [0.05, 0.1) is 59.3 Å². The summed E-state index contributed by atoms with van der Waals surface area (Å²) in [5.41, 5.74) is 23.5. The highest BCUT2D eigenvalue weighted by Crippen LogP contribution is 2.33. The van der Waals surface area contributed by atoms with E-state index < -0.39 is 121 Å². The van der Waals surface area contributed by atoms with E-state index in [4.69, 9.17) is 49.4 Å². The third-order valence-electron chi connectivity index (χ3n) is 22.4. The number of hydrogen-bond acceptors (Lipinski definition) is 25. The third kappa shape index (κ3) is 52.2. The number of ether oxygens (including phenoxy) is 8. The van der Waals surface area contributed by atoms with Crippen LogP contribution in [0.2, 0.25) is 0 Å². The molecule has 4 aromatic rings. The average molecular weight is 1860 g/mol. The SMILES string of the molecule is CCCCCCCCCCCC(=O)Oc1ccc(/C=N/NC(=O)CC[C@H](NC(=O)CC[C@H](NC(=O)[C@@H](N)CCCCN)C(=O)N[C@@H](CCC(=O)N/N=C/c2ccc(OC(=O)CCCCCCCCCCC)c(OC)c2)C(=O)N/N=C/c2ccc(OC(=O)CCCCCCCCCCC)c(OC)c2)C(=O)N/N=C/c2ccc(OC(=O)CCCCCCCCCCC)c(OC)c2)cc1OC. The van der Waals surface area contributed by atoms with Crippen molar-refractivity contribution in [1.82, 2.24) is 37.7 Å². The zero-order valence-corrected chi connectivity index (χ0v) is 80.6. The fourth-order valence-corrected chi connectivity index (χ4v) is 14.5. The molecule has 4 aromatic carbocycles. The van der Waals surface area contributed by atoms with Crippen molar-refractivity contribution in [3.05, 3.63) is 95.1 Å². The van der Waals surface area contributed by atoms with Crippen LogP contribution >= 0.6 is 0 Å². The molecule has 0 fully saturated rings. The van der Waals surface area contributed by atoms with Gasteiger partial charge in [0.2, 0.25) is 29.5 Å². The summed E-state index contributed by atoms with van der Waals surface area (Å²) in [5, 5.41) is 24.4. The Morgan fingerprint density at radius 2 is 0.526 bits per heavy atom. The lowest BCUT2D eigenvalue weighted by Gasteiger charge is -2.24. The zero-order valence-electron chi connectivity index (χ0n) is 80.6. The summed E-state index contributed by atoms with van der Waals surface area (Å²) in [6, 6.07) is 12.8. The largest absolute Gasteiger partial charge is 0.493 e. The van der Waals surface area contributed by atoms with Crippen LogP contribution in [0, 0.1) is 0 Å². The van der Waals surface area contributed by atoms with Gasteiger partial charge >= 0.3 is 23.9 Å². The summed E-state index contributed by atoms with van der Waals surface area (Å²) in [4.78, 5) is 151. The van der Waals surface area contributed by atoms with E-state index in [0.717, 1.165) is 77.0 Å². The number of methoxy groups -OCH3 is 4. The highest BCUT2D eigenvalue weighted by atomic mass is 16.6. The molecule has 11 N–H and O–H groups in total. The first-order valence-corrected chi connectivity index (χ1v) is 48.8. The predicted octanol–water partition coefficient (Wildman–Crippen LogP) is 17.2. The Morgan fingerprint density at radius 1 is 0.278 bits per heavy atom. The number of carbonyl (C=O) groups excluding carboxylic acids is 11. The van der Waals surface area contributed by atoms with Crippen LogP contribution in [-0.4, -0.2) is 149 Å². The van der Waals surface area contributed by atoms with Crippen LogP contribution in [-0.2, 0) is 52.7 Å². The van der Waals surface area contributed by atoms with Crippen LogP contribution in [0.4, 0.5) is 0 Å². The van der Waals surface area contributed by atoms with Gasteiger partial charge in [-0.2, -0.15) is 20.4 Å². The minimum Gasteiger partial charge on any atom is -0.493 e. The number of hydrazone groups is 4. The average Bonchev–Trinajstić information content (AvgIpc) is 0.873. The fourth-order valence-electron chi connectivity index (χ4n) is 14.5. The molecular weight excluding hydrogens is 1700 g/mol. The summed E-state index contributed by atoms with van der Waals surface area (Å²) in [7, 11) is 5.64. The Balaban J connectivity index is 1.61. The maximum atomic E-state index is 14.9. The molecule has 0 unspecified atom stereocenters. The van der Waals surface area contributed by atoms with E-state index >= 15 is 0 Å². The van der Waals surface area contributed by atoms with Crippen LogP contribution in [0.1, 0.15) is 365 Å². The first-order chi connectivity index (χ1) is 64.6. The lowest BCUT2D eigenvalue weighted by molar-refractivity contribution is -0.135. The van der Waals surface area contributed by atoms with Crippen LogP contribution in [0.15, 0.2) is 93.2 Å². The number of unbranched alkanes of at least 4 members (excludes halogenated alkanes) is 33. The van der Waals surface area contributed by atoms with Crippen molar-refractivity contribution < 1.29 is 90.6 Å². The van der Waals surface area contributed by atoms with Crippen molar-refractivity contribution in [3.63, 3.8) is 0 Å². The Morgan fingerprint density at radius 3 is 0.805 bits per heavy atom. The number of rotatable bonds is 76. The van der Waals surface area contributed by atoms with E-state index in [-0.39, 0.29) is 84.5 Å². The van der Waals surface area contributed by atoms with E-state index in [9.17, 15) is 52.7 Å². The van der Waals surface area contributed by atoms with Crippen molar-refractivity contribution in [3.8, 4) is 46.0 Å². The van der Waals surface area contributed by atoms with Gasteiger partial charge < -0.3 is 65.3 Å². The van der Waals surface area contributed by atoms with E-state index in [2.05, 4.69) is 85.8 Å². The Hall–Kier alpha value is -11.2. The molecule has 0 aromatic heterocycles. The molecule has 0 radical (unpaired) electrons. The number of carbonyl (C=O) groups is 11. The first-order valence-electron chi connectivity index (χ1n) is 48.8. The lowest BCUT2D eigenvalue weighted by Crippen LogP contribution is -2.56. The highest BCUT2D eigenvalue weighted by molar-refractivity contribution is 5.95. The lowest BCUT2D eigenvalue weighted by atomic mass is 10.0. The number of nitrogens with two attached hydrogens (primary N) is 2. The second kappa shape index (κ2) is 72.4. The number of amides is 7. The number of esters is 4. The van der Waals surface area contributed by atoms with Crippen molar-refractivity contribution in [1.29, 1.82) is 0 Å². The molecule has 0 saturated heterocycles. The molecule has 0 heterocycles. The molecular formula is C101H155N13O19. The molecule has 0 aliphatic carbocycles. The van der Waals surface area contributed by atoms with Crippen LogP contribution in [0.25, 0.3) is 0 Å². The van der Waals surface area contributed by atoms with Crippen molar-refractivity contribution in [2.24, 2.45) is 31.9 Å². The Kier molecular flexibility index (Phi) is 62.1. The number of nitrogens with one attached hydrogen (secondary N) is 7. The molecule has 32 heteroatoms.